The molecule has 134 valence electrons. The van der Waals surface area contributed by atoms with Gasteiger partial charge in [-0.05, 0) is 38.0 Å². The van der Waals surface area contributed by atoms with Crippen LogP contribution in [0, 0.1) is 13.8 Å². The third-order valence-corrected chi connectivity index (χ3v) is 4.83. The summed E-state index contributed by atoms with van der Waals surface area (Å²) >= 11 is 1.27. The smallest absolute Gasteiger partial charge is 0.277 e. The number of ketones is 1. The van der Waals surface area contributed by atoms with Gasteiger partial charge >= 0.3 is 0 Å². The molecule has 0 saturated carbocycles. The lowest BCUT2D eigenvalue weighted by Crippen LogP contribution is -2.02. The van der Waals surface area contributed by atoms with Gasteiger partial charge in [-0.25, -0.2) is 0 Å². The fourth-order valence-corrected chi connectivity index (χ4v) is 3.50. The topological polar surface area (TPSA) is 56.0 Å². The number of aryl methyl sites for hydroxylation is 3. The van der Waals surface area contributed by atoms with Crippen LogP contribution in [0.4, 0.5) is 0 Å². The van der Waals surface area contributed by atoms with Crippen LogP contribution in [0.15, 0.2) is 52.1 Å². The zero-order valence-corrected chi connectivity index (χ0v) is 16.1. The monoisotopic (exact) mass is 366 g/mol. The quantitative estimate of drug-likeness (QED) is 0.420. The highest BCUT2D eigenvalue weighted by Gasteiger charge is 2.13. The molecule has 0 fully saturated rings. The van der Waals surface area contributed by atoms with E-state index in [1.165, 1.54) is 17.3 Å². The number of nitrogens with zero attached hydrogens (tertiary/aromatic N) is 2. The van der Waals surface area contributed by atoms with Crippen molar-refractivity contribution in [3.8, 4) is 11.5 Å². The minimum absolute atomic E-state index is 0.0594. The third-order valence-electron chi connectivity index (χ3n) is 4.02. The van der Waals surface area contributed by atoms with Crippen LogP contribution in [-0.4, -0.2) is 21.7 Å². The van der Waals surface area contributed by atoms with E-state index in [9.17, 15) is 4.79 Å². The molecule has 5 heteroatoms. The Morgan fingerprint density at radius 2 is 1.73 bits per heavy atom. The van der Waals surface area contributed by atoms with Crippen molar-refractivity contribution in [2.24, 2.45) is 0 Å². The molecule has 0 bridgehead atoms. The molecule has 2 aromatic carbocycles. The van der Waals surface area contributed by atoms with Gasteiger partial charge in [0.25, 0.3) is 5.22 Å². The van der Waals surface area contributed by atoms with Crippen LogP contribution in [0.3, 0.4) is 0 Å². The second-order valence-electron chi connectivity index (χ2n) is 6.41. The van der Waals surface area contributed by atoms with Crippen molar-refractivity contribution in [3.05, 3.63) is 64.7 Å². The van der Waals surface area contributed by atoms with E-state index < -0.39 is 0 Å². The summed E-state index contributed by atoms with van der Waals surface area (Å²) in [6.45, 7) is 6.21. The van der Waals surface area contributed by atoms with Gasteiger partial charge in [0.05, 0.1) is 5.75 Å². The number of hydrogen-bond donors (Lipinski definition) is 0. The Balaban J connectivity index is 1.63. The van der Waals surface area contributed by atoms with Gasteiger partial charge in [-0.2, -0.15) is 0 Å². The van der Waals surface area contributed by atoms with Crippen molar-refractivity contribution in [2.75, 3.05) is 5.75 Å². The average Bonchev–Trinajstić information content (AvgIpc) is 3.09. The van der Waals surface area contributed by atoms with Gasteiger partial charge < -0.3 is 4.42 Å². The van der Waals surface area contributed by atoms with Crippen molar-refractivity contribution in [1.29, 1.82) is 0 Å². The molecule has 0 spiro atoms. The number of thioether (sulfide) groups is 1. The molecule has 1 aromatic heterocycles. The average molecular weight is 366 g/mol. The Hall–Kier alpha value is -2.40. The van der Waals surface area contributed by atoms with E-state index in [0.29, 0.717) is 16.7 Å². The Kier molecular flexibility index (Phi) is 5.89. The van der Waals surface area contributed by atoms with Gasteiger partial charge in [0.15, 0.2) is 5.78 Å². The Morgan fingerprint density at radius 1 is 1.04 bits per heavy atom. The lowest BCUT2D eigenvalue weighted by atomic mass is 10.1. The highest BCUT2D eigenvalue weighted by Crippen LogP contribution is 2.25. The molecular formula is C21H22N2O2S. The Bertz CT molecular complexity index is 880. The van der Waals surface area contributed by atoms with Crippen LogP contribution in [0.25, 0.3) is 11.5 Å². The Labute approximate surface area is 158 Å². The summed E-state index contributed by atoms with van der Waals surface area (Å²) in [5, 5.41) is 8.56. The molecule has 0 saturated heterocycles. The molecular weight excluding hydrogens is 344 g/mol. The van der Waals surface area contributed by atoms with E-state index in [1.807, 2.05) is 50.2 Å². The van der Waals surface area contributed by atoms with E-state index in [2.05, 4.69) is 23.2 Å². The zero-order chi connectivity index (χ0) is 18.5. The standard InChI is InChI=1S/C21H22N2O2S/c1-4-5-16-6-8-17(9-7-16)19(24)13-26-21-23-22-20(25-21)18-11-14(2)10-15(3)12-18/h6-12H,4-5,13H2,1-3H3. The molecule has 4 nitrogen and oxygen atoms in total. The highest BCUT2D eigenvalue weighted by molar-refractivity contribution is 7.99. The summed E-state index contributed by atoms with van der Waals surface area (Å²) in [7, 11) is 0. The van der Waals surface area contributed by atoms with Crippen LogP contribution in [-0.2, 0) is 6.42 Å². The maximum atomic E-state index is 12.3. The molecule has 0 radical (unpaired) electrons. The molecule has 3 aromatic rings. The molecule has 3 rings (SSSR count). The minimum Gasteiger partial charge on any atom is -0.411 e. The van der Waals surface area contributed by atoms with Gasteiger partial charge in [0.1, 0.15) is 0 Å². The molecule has 0 N–H and O–H groups in total. The lowest BCUT2D eigenvalue weighted by Gasteiger charge is -2.02. The molecule has 0 aliphatic carbocycles. The van der Waals surface area contributed by atoms with Crippen molar-refractivity contribution in [1.82, 2.24) is 10.2 Å². The molecule has 0 aliphatic heterocycles. The molecule has 0 amide bonds. The maximum absolute atomic E-state index is 12.3. The fourth-order valence-electron chi connectivity index (χ4n) is 2.84. The van der Waals surface area contributed by atoms with E-state index in [1.54, 1.807) is 0 Å². The van der Waals surface area contributed by atoms with Crippen LogP contribution >= 0.6 is 11.8 Å². The van der Waals surface area contributed by atoms with Gasteiger partial charge in [-0.3, -0.25) is 4.79 Å². The number of benzene rings is 2. The van der Waals surface area contributed by atoms with E-state index in [0.717, 1.165) is 29.5 Å². The molecule has 26 heavy (non-hydrogen) atoms. The van der Waals surface area contributed by atoms with Crippen LogP contribution in [0.5, 0.6) is 0 Å². The summed E-state index contributed by atoms with van der Waals surface area (Å²) in [6, 6.07) is 13.9. The molecule has 0 aliphatic rings. The minimum atomic E-state index is 0.0594. The van der Waals surface area contributed by atoms with Crippen LogP contribution < -0.4 is 0 Å². The van der Waals surface area contributed by atoms with Crippen molar-refractivity contribution in [2.45, 2.75) is 38.8 Å². The number of Topliss-reactive ketones (excluding diaryl/α,β-unsaturated/α-hetero) is 1. The number of aromatic nitrogens is 2. The Morgan fingerprint density at radius 3 is 2.38 bits per heavy atom. The number of hydrogen-bond acceptors (Lipinski definition) is 5. The third kappa shape index (κ3) is 4.61. The first-order valence-corrected chi connectivity index (χ1v) is 9.71. The first-order chi connectivity index (χ1) is 12.5. The predicted molar refractivity (Wildman–Crippen MR) is 105 cm³/mol. The zero-order valence-electron chi connectivity index (χ0n) is 15.3. The maximum Gasteiger partial charge on any atom is 0.277 e. The normalized spacial score (nSPS) is 10.9. The second-order valence-corrected chi connectivity index (χ2v) is 7.33. The first kappa shape index (κ1) is 18.4. The summed E-state index contributed by atoms with van der Waals surface area (Å²) in [6.07, 6.45) is 2.13. The number of carbonyl (C=O) groups excluding carboxylic acids is 1. The van der Waals surface area contributed by atoms with Gasteiger partial charge in [0.2, 0.25) is 5.89 Å². The largest absolute Gasteiger partial charge is 0.411 e. The van der Waals surface area contributed by atoms with E-state index in [-0.39, 0.29) is 11.5 Å². The second kappa shape index (κ2) is 8.32. The highest BCUT2D eigenvalue weighted by atomic mass is 32.2. The number of carbonyl (C=O) groups is 1. The van der Waals surface area contributed by atoms with Gasteiger partial charge in [0, 0.05) is 11.1 Å². The van der Waals surface area contributed by atoms with Gasteiger partial charge in [-0.1, -0.05) is 66.6 Å². The van der Waals surface area contributed by atoms with Crippen molar-refractivity contribution in [3.63, 3.8) is 0 Å². The summed E-state index contributed by atoms with van der Waals surface area (Å²) < 4.78 is 5.71. The van der Waals surface area contributed by atoms with E-state index >= 15 is 0 Å². The molecule has 0 atom stereocenters. The first-order valence-electron chi connectivity index (χ1n) is 8.72. The van der Waals surface area contributed by atoms with Crippen molar-refractivity contribution >= 4 is 17.5 Å². The molecule has 0 unspecified atom stereocenters. The summed E-state index contributed by atoms with van der Waals surface area (Å²) in [4.78, 5) is 12.3. The van der Waals surface area contributed by atoms with Crippen LogP contribution in [0.2, 0.25) is 0 Å². The number of rotatable bonds is 7. The van der Waals surface area contributed by atoms with Gasteiger partial charge in [-0.15, -0.1) is 10.2 Å². The van der Waals surface area contributed by atoms with E-state index in [4.69, 9.17) is 4.42 Å². The lowest BCUT2D eigenvalue weighted by molar-refractivity contribution is 0.102. The molecule has 1 heterocycles. The SMILES string of the molecule is CCCc1ccc(C(=O)CSc2nnc(-c3cc(C)cc(C)c3)o2)cc1. The van der Waals surface area contributed by atoms with Crippen molar-refractivity contribution < 1.29 is 9.21 Å². The van der Waals surface area contributed by atoms with Crippen LogP contribution in [0.1, 0.15) is 40.4 Å². The predicted octanol–water partition coefficient (Wildman–Crippen LogP) is 5.28. The summed E-state index contributed by atoms with van der Waals surface area (Å²) in [5.41, 5.74) is 5.17. The fraction of sp³-hybridized carbons (Fsp3) is 0.286. The summed E-state index contributed by atoms with van der Waals surface area (Å²) in [5.74, 6) is 0.821.